The molecule has 1 heterocycles. The van der Waals surface area contributed by atoms with Crippen molar-refractivity contribution in [1.29, 1.82) is 0 Å². The number of carbonyl (C=O) groups is 1. The van der Waals surface area contributed by atoms with Gasteiger partial charge >= 0.3 is 5.97 Å². The molecule has 0 radical (unpaired) electrons. The average Bonchev–Trinajstić information content (AvgIpc) is 3.36. The topological polar surface area (TPSA) is 84.9 Å². The second-order valence-corrected chi connectivity index (χ2v) is 12.8. The van der Waals surface area contributed by atoms with Crippen LogP contribution >= 0.6 is 12.4 Å². The van der Waals surface area contributed by atoms with Gasteiger partial charge < -0.3 is 14.8 Å². The SMILES string of the molecule is COC(=O)[C@@H]1CCCN1S(=O)(=O)c1ccc(C)cc1O[C@@H]1CCC[C@@H](CCNC2CCC(F)(F)CC2)C1.Cl. The van der Waals surface area contributed by atoms with E-state index in [1.807, 2.05) is 6.92 Å². The molecule has 1 aromatic rings. The zero-order valence-corrected chi connectivity index (χ0v) is 23.9. The highest BCUT2D eigenvalue weighted by atomic mass is 35.5. The normalized spacial score (nSPS) is 26.5. The summed E-state index contributed by atoms with van der Waals surface area (Å²) in [7, 11) is -2.67. The van der Waals surface area contributed by atoms with Crippen molar-refractivity contribution in [1.82, 2.24) is 9.62 Å². The molecule has 38 heavy (non-hydrogen) atoms. The number of methoxy groups -OCH3 is 1. The lowest BCUT2D eigenvalue weighted by atomic mass is 9.84. The standard InChI is InChI=1S/C27H40F2N2O5S.ClH/c1-19-8-9-25(37(33,34)31-16-4-7-23(31)26(32)35-2)24(17-19)36-22-6-3-5-20(18-22)12-15-30-21-10-13-27(28,29)14-11-21;/h8-9,17,20-23,30H,3-7,10-16,18H2,1-2H3;1H/t20-,22+,23-;/m0./s1. The largest absolute Gasteiger partial charge is 0.489 e. The number of nitrogens with zero attached hydrogens (tertiary/aromatic N) is 1. The van der Waals surface area contributed by atoms with Crippen LogP contribution in [-0.4, -0.2) is 63.0 Å². The zero-order valence-electron chi connectivity index (χ0n) is 22.3. The maximum absolute atomic E-state index is 13.6. The van der Waals surface area contributed by atoms with Gasteiger partial charge in [0.05, 0.1) is 13.2 Å². The van der Waals surface area contributed by atoms with Crippen LogP contribution in [-0.2, 0) is 19.6 Å². The van der Waals surface area contributed by atoms with E-state index in [-0.39, 0.29) is 48.8 Å². The second kappa shape index (κ2) is 13.2. The smallest absolute Gasteiger partial charge is 0.324 e. The van der Waals surface area contributed by atoms with Crippen molar-refractivity contribution in [3.63, 3.8) is 0 Å². The van der Waals surface area contributed by atoms with Gasteiger partial charge in [-0.15, -0.1) is 12.4 Å². The van der Waals surface area contributed by atoms with Crippen LogP contribution in [0.5, 0.6) is 5.75 Å². The molecular weight excluding hydrogens is 538 g/mol. The Balaban J connectivity index is 0.00000400. The van der Waals surface area contributed by atoms with Crippen LogP contribution in [0.4, 0.5) is 8.78 Å². The molecule has 2 saturated carbocycles. The van der Waals surface area contributed by atoms with Crippen molar-refractivity contribution in [2.45, 2.75) is 107 Å². The van der Waals surface area contributed by atoms with Gasteiger partial charge in [-0.2, -0.15) is 4.31 Å². The third kappa shape index (κ3) is 7.58. The molecule has 0 aromatic heterocycles. The number of nitrogens with one attached hydrogen (secondary N) is 1. The predicted molar refractivity (Wildman–Crippen MR) is 144 cm³/mol. The molecule has 0 unspecified atom stereocenters. The van der Waals surface area contributed by atoms with Crippen LogP contribution in [0.3, 0.4) is 0 Å². The number of benzene rings is 1. The first-order chi connectivity index (χ1) is 17.6. The number of rotatable bonds is 9. The first kappa shape index (κ1) is 31.0. The van der Waals surface area contributed by atoms with Crippen LogP contribution < -0.4 is 10.1 Å². The number of hydrogen-bond donors (Lipinski definition) is 1. The molecule has 1 saturated heterocycles. The lowest BCUT2D eigenvalue weighted by Crippen LogP contribution is -2.41. The molecule has 1 aromatic carbocycles. The quantitative estimate of drug-likeness (QED) is 0.404. The van der Waals surface area contributed by atoms with Gasteiger partial charge in [0.15, 0.2) is 0 Å². The van der Waals surface area contributed by atoms with Crippen LogP contribution in [0.15, 0.2) is 23.1 Å². The van der Waals surface area contributed by atoms with Crippen molar-refractivity contribution in [3.8, 4) is 5.75 Å². The van der Waals surface area contributed by atoms with E-state index in [9.17, 15) is 22.0 Å². The molecule has 1 N–H and O–H groups in total. The Kier molecular flexibility index (Phi) is 10.8. The van der Waals surface area contributed by atoms with Gasteiger partial charge in [0.2, 0.25) is 15.9 Å². The Bertz CT molecular complexity index is 1050. The Morgan fingerprint density at radius 2 is 1.87 bits per heavy atom. The molecule has 11 heteroatoms. The summed E-state index contributed by atoms with van der Waals surface area (Å²) in [6, 6.07) is 4.44. The molecule has 3 atom stereocenters. The van der Waals surface area contributed by atoms with Crippen molar-refractivity contribution in [2.24, 2.45) is 5.92 Å². The van der Waals surface area contributed by atoms with Crippen molar-refractivity contribution >= 4 is 28.4 Å². The molecule has 216 valence electrons. The number of ether oxygens (including phenoxy) is 2. The van der Waals surface area contributed by atoms with Gasteiger partial charge in [0.1, 0.15) is 16.7 Å². The molecule has 3 aliphatic rings. The van der Waals surface area contributed by atoms with Gasteiger partial charge in [-0.3, -0.25) is 4.79 Å². The fraction of sp³-hybridized carbons (Fsp3) is 0.741. The molecule has 7 nitrogen and oxygen atoms in total. The van der Waals surface area contributed by atoms with E-state index in [0.29, 0.717) is 37.4 Å². The summed E-state index contributed by atoms with van der Waals surface area (Å²) in [5, 5.41) is 3.46. The third-order valence-electron chi connectivity index (χ3n) is 8.09. The van der Waals surface area contributed by atoms with Crippen LogP contribution in [0.1, 0.15) is 76.2 Å². The van der Waals surface area contributed by atoms with Gasteiger partial charge in [-0.1, -0.05) is 12.5 Å². The number of aryl methyl sites for hydroxylation is 1. The van der Waals surface area contributed by atoms with Gasteiger partial charge in [-0.25, -0.2) is 17.2 Å². The maximum atomic E-state index is 13.6. The van der Waals surface area contributed by atoms with E-state index in [2.05, 4.69) is 5.32 Å². The summed E-state index contributed by atoms with van der Waals surface area (Å²) in [5.74, 6) is -2.28. The Hall–Kier alpha value is -1.49. The van der Waals surface area contributed by atoms with E-state index in [4.69, 9.17) is 9.47 Å². The monoisotopic (exact) mass is 578 g/mol. The minimum Gasteiger partial charge on any atom is -0.489 e. The number of alkyl halides is 2. The molecule has 1 aliphatic heterocycles. The van der Waals surface area contributed by atoms with Crippen molar-refractivity contribution in [3.05, 3.63) is 23.8 Å². The van der Waals surface area contributed by atoms with Crippen LogP contribution in [0.25, 0.3) is 0 Å². The first-order valence-corrected chi connectivity index (χ1v) is 15.0. The number of carbonyl (C=O) groups excluding carboxylic acids is 1. The molecule has 0 amide bonds. The van der Waals surface area contributed by atoms with Gasteiger partial charge in [0.25, 0.3) is 0 Å². The lowest BCUT2D eigenvalue weighted by Gasteiger charge is -2.32. The van der Waals surface area contributed by atoms with E-state index < -0.39 is 28.0 Å². The fourth-order valence-electron chi connectivity index (χ4n) is 5.97. The third-order valence-corrected chi connectivity index (χ3v) is 10.0. The predicted octanol–water partition coefficient (Wildman–Crippen LogP) is 5.24. The van der Waals surface area contributed by atoms with E-state index >= 15 is 0 Å². The molecular formula is C27H41ClF2N2O5S. The fourth-order valence-corrected chi connectivity index (χ4v) is 7.72. The minimum atomic E-state index is -3.95. The highest BCUT2D eigenvalue weighted by Gasteiger charge is 2.41. The summed E-state index contributed by atoms with van der Waals surface area (Å²) >= 11 is 0. The highest BCUT2D eigenvalue weighted by molar-refractivity contribution is 7.89. The maximum Gasteiger partial charge on any atom is 0.324 e. The molecule has 4 rings (SSSR count). The molecule has 3 fully saturated rings. The van der Waals surface area contributed by atoms with Crippen molar-refractivity contribution < 1.29 is 31.5 Å². The second-order valence-electron chi connectivity index (χ2n) is 10.9. The van der Waals surface area contributed by atoms with Gasteiger partial charge in [-0.05, 0) is 88.4 Å². The van der Waals surface area contributed by atoms with E-state index in [1.54, 1.807) is 18.2 Å². The van der Waals surface area contributed by atoms with Gasteiger partial charge in [0, 0.05) is 25.4 Å². The number of esters is 1. The Morgan fingerprint density at radius 1 is 1.13 bits per heavy atom. The summed E-state index contributed by atoms with van der Waals surface area (Å²) < 4.78 is 66.5. The number of hydrogen-bond acceptors (Lipinski definition) is 6. The van der Waals surface area contributed by atoms with E-state index in [1.165, 1.54) is 11.4 Å². The van der Waals surface area contributed by atoms with E-state index in [0.717, 1.165) is 44.2 Å². The van der Waals surface area contributed by atoms with Crippen LogP contribution in [0, 0.1) is 12.8 Å². The van der Waals surface area contributed by atoms with Crippen LogP contribution in [0.2, 0.25) is 0 Å². The summed E-state index contributed by atoms with van der Waals surface area (Å²) in [6.07, 6.45) is 6.59. The lowest BCUT2D eigenvalue weighted by molar-refractivity contribution is -0.144. The zero-order chi connectivity index (χ0) is 26.6. The number of halogens is 3. The molecule has 2 aliphatic carbocycles. The minimum absolute atomic E-state index is 0. The first-order valence-electron chi connectivity index (χ1n) is 13.6. The summed E-state index contributed by atoms with van der Waals surface area (Å²) in [6.45, 7) is 2.96. The average molecular weight is 579 g/mol. The Labute approximate surface area is 231 Å². The number of sulfonamides is 1. The van der Waals surface area contributed by atoms with Crippen molar-refractivity contribution in [2.75, 3.05) is 20.2 Å². The summed E-state index contributed by atoms with van der Waals surface area (Å²) in [5.41, 5.74) is 0.898. The Morgan fingerprint density at radius 3 is 2.58 bits per heavy atom. The molecule has 0 spiro atoms. The highest BCUT2D eigenvalue weighted by Crippen LogP contribution is 2.37. The summed E-state index contributed by atoms with van der Waals surface area (Å²) in [4.78, 5) is 12.3. The molecule has 0 bridgehead atoms.